The van der Waals surface area contributed by atoms with Crippen molar-refractivity contribution < 1.29 is 13.5 Å². The molecule has 0 aliphatic heterocycles. The molecule has 3 rings (SSSR count). The lowest BCUT2D eigenvalue weighted by Gasteiger charge is -2.24. The van der Waals surface area contributed by atoms with E-state index in [9.17, 15) is 13.6 Å². The average molecular weight is 331 g/mol. The first-order valence-corrected chi connectivity index (χ1v) is 7.04. The third kappa shape index (κ3) is 2.64. The zero-order valence-corrected chi connectivity index (χ0v) is 12.4. The van der Waals surface area contributed by atoms with Crippen molar-refractivity contribution in [2.45, 2.75) is 18.6 Å². The second kappa shape index (κ2) is 5.77. The number of pyridine rings is 1. The molecule has 2 atom stereocenters. The van der Waals surface area contributed by atoms with E-state index in [2.05, 4.69) is 15.0 Å². The molecule has 1 aliphatic rings. The van der Waals surface area contributed by atoms with E-state index in [0.29, 0.717) is 19.6 Å². The molecule has 0 spiro atoms. The lowest BCUT2D eigenvalue weighted by atomic mass is 10.2. The number of halogens is 3. The van der Waals surface area contributed by atoms with Crippen molar-refractivity contribution >= 4 is 28.3 Å². The minimum atomic E-state index is -1.00. The van der Waals surface area contributed by atoms with Crippen LogP contribution in [0.25, 0.3) is 10.9 Å². The number of ether oxygens (including phenoxy) is 1. The molecule has 1 saturated carbocycles. The van der Waals surface area contributed by atoms with Crippen LogP contribution >= 0.6 is 11.6 Å². The summed E-state index contributed by atoms with van der Waals surface area (Å²) in [7, 11) is 1.52. The Morgan fingerprint density at radius 1 is 1.59 bits per heavy atom. The molecule has 22 heavy (non-hydrogen) atoms. The molecular weight excluding hydrogens is 318 g/mol. The summed E-state index contributed by atoms with van der Waals surface area (Å²) in [5.41, 5.74) is -0.824. The number of nitrogens with zero attached hydrogens (tertiary/aromatic N) is 3. The second-order valence-electron chi connectivity index (χ2n) is 5.02. The van der Waals surface area contributed by atoms with Crippen LogP contribution < -0.4 is 10.6 Å². The van der Waals surface area contributed by atoms with E-state index in [1.165, 1.54) is 13.3 Å². The summed E-state index contributed by atoms with van der Waals surface area (Å²) in [5, 5.41) is -0.0739. The Hall–Kier alpha value is -1.80. The van der Waals surface area contributed by atoms with Crippen LogP contribution in [0.15, 0.2) is 11.0 Å². The number of H-pyrrole nitrogens is 1. The Balaban J connectivity index is 2.15. The van der Waals surface area contributed by atoms with Crippen molar-refractivity contribution in [3.05, 3.63) is 27.7 Å². The molecule has 2 aromatic rings. The van der Waals surface area contributed by atoms with E-state index >= 15 is 0 Å². The highest BCUT2D eigenvalue weighted by Gasteiger charge is 2.43. The summed E-state index contributed by atoms with van der Waals surface area (Å²) in [6.45, 7) is 0.653. The fourth-order valence-corrected chi connectivity index (χ4v) is 2.50. The number of hydrogen-bond acceptors (Lipinski definition) is 5. The van der Waals surface area contributed by atoms with Crippen LogP contribution in [0.2, 0.25) is 5.15 Å². The van der Waals surface area contributed by atoms with E-state index in [0.717, 1.165) is 0 Å². The highest BCUT2D eigenvalue weighted by atomic mass is 35.5. The maximum absolute atomic E-state index is 14.1. The molecule has 0 radical (unpaired) electrons. The van der Waals surface area contributed by atoms with Gasteiger partial charge in [0.2, 0.25) is 0 Å². The van der Waals surface area contributed by atoms with Crippen LogP contribution in [-0.2, 0) is 4.74 Å². The van der Waals surface area contributed by atoms with Gasteiger partial charge in [-0.15, -0.1) is 0 Å². The molecule has 1 N–H and O–H groups in total. The van der Waals surface area contributed by atoms with Gasteiger partial charge >= 0.3 is 5.69 Å². The van der Waals surface area contributed by atoms with Crippen molar-refractivity contribution in [3.8, 4) is 0 Å². The van der Waals surface area contributed by atoms with Gasteiger partial charge in [0.1, 0.15) is 12.0 Å². The predicted octanol–water partition coefficient (Wildman–Crippen LogP) is 1.67. The molecule has 6 nitrogen and oxygen atoms in total. The molecule has 1 fully saturated rings. The topological polar surface area (TPSA) is 71.1 Å². The SMILES string of the molecule is COCCN(c1nc(=O)[nH]c2c(F)c(Cl)ncc12)[C@@H]1C[C@@H]1F. The minimum Gasteiger partial charge on any atom is -0.383 e. The molecule has 0 aromatic carbocycles. The number of aromatic amines is 1. The lowest BCUT2D eigenvalue weighted by Crippen LogP contribution is -2.33. The van der Waals surface area contributed by atoms with Crippen LogP contribution in [0, 0.1) is 5.82 Å². The maximum Gasteiger partial charge on any atom is 0.347 e. The lowest BCUT2D eigenvalue weighted by molar-refractivity contribution is 0.204. The zero-order valence-electron chi connectivity index (χ0n) is 11.6. The van der Waals surface area contributed by atoms with Gasteiger partial charge in [0.05, 0.1) is 23.6 Å². The van der Waals surface area contributed by atoms with Crippen molar-refractivity contribution in [3.63, 3.8) is 0 Å². The maximum atomic E-state index is 14.1. The highest BCUT2D eigenvalue weighted by molar-refractivity contribution is 6.30. The predicted molar refractivity (Wildman–Crippen MR) is 77.6 cm³/mol. The molecule has 0 saturated heterocycles. The van der Waals surface area contributed by atoms with E-state index in [-0.39, 0.29) is 21.9 Å². The summed E-state index contributed by atoms with van der Waals surface area (Å²) in [5.74, 6) is -0.650. The van der Waals surface area contributed by atoms with Gasteiger partial charge in [-0.1, -0.05) is 11.6 Å². The number of alkyl halides is 1. The monoisotopic (exact) mass is 330 g/mol. The average Bonchev–Trinajstić information content (AvgIpc) is 3.20. The first-order chi connectivity index (χ1) is 10.5. The molecule has 1 aliphatic carbocycles. The number of nitrogens with one attached hydrogen (secondary N) is 1. The Morgan fingerprint density at radius 3 is 2.95 bits per heavy atom. The van der Waals surface area contributed by atoms with Gasteiger partial charge in [0.25, 0.3) is 0 Å². The molecule has 0 unspecified atom stereocenters. The molecule has 9 heteroatoms. The molecular formula is C13H13ClF2N4O2. The summed E-state index contributed by atoms with van der Waals surface area (Å²) >= 11 is 5.63. The second-order valence-corrected chi connectivity index (χ2v) is 5.38. The standard InChI is InChI=1S/C13H13ClF2N4O2/c1-22-3-2-20(8-4-7(8)15)12-6-5-17-11(14)9(16)10(6)18-13(21)19-12/h5,7-8H,2-4H2,1H3,(H,18,19,21)/t7-,8+/m0/s1. The molecule has 2 aromatic heterocycles. The van der Waals surface area contributed by atoms with E-state index < -0.39 is 23.7 Å². The summed E-state index contributed by atoms with van der Waals surface area (Å²) in [6, 6.07) is -0.397. The quantitative estimate of drug-likeness (QED) is 0.844. The molecule has 2 heterocycles. The van der Waals surface area contributed by atoms with E-state index in [4.69, 9.17) is 16.3 Å². The van der Waals surface area contributed by atoms with Gasteiger partial charge in [-0.3, -0.25) is 0 Å². The summed E-state index contributed by atoms with van der Waals surface area (Å²) in [4.78, 5) is 23.2. The Kier molecular flexibility index (Phi) is 3.96. The number of methoxy groups -OCH3 is 1. The van der Waals surface area contributed by atoms with Gasteiger partial charge < -0.3 is 14.6 Å². The van der Waals surface area contributed by atoms with Crippen molar-refractivity contribution in [1.82, 2.24) is 15.0 Å². The number of hydrogen-bond donors (Lipinski definition) is 1. The van der Waals surface area contributed by atoms with Crippen LogP contribution in [0.1, 0.15) is 6.42 Å². The summed E-state index contributed by atoms with van der Waals surface area (Å²) < 4.78 is 32.5. The Bertz CT molecular complexity index is 770. The van der Waals surface area contributed by atoms with Gasteiger partial charge in [0, 0.05) is 26.3 Å². The Labute approximate surface area is 129 Å². The smallest absolute Gasteiger partial charge is 0.347 e. The normalized spacial score (nSPS) is 20.4. The first-order valence-electron chi connectivity index (χ1n) is 6.66. The third-order valence-corrected chi connectivity index (χ3v) is 3.81. The molecule has 0 amide bonds. The summed E-state index contributed by atoms with van der Waals surface area (Å²) in [6.07, 6.45) is 0.649. The third-order valence-electron chi connectivity index (χ3n) is 3.55. The van der Waals surface area contributed by atoms with Crippen LogP contribution in [0.5, 0.6) is 0 Å². The van der Waals surface area contributed by atoms with Crippen molar-refractivity contribution in [1.29, 1.82) is 0 Å². The van der Waals surface area contributed by atoms with Crippen LogP contribution in [0.4, 0.5) is 14.6 Å². The number of aromatic nitrogens is 3. The number of anilines is 1. The van der Waals surface area contributed by atoms with Crippen LogP contribution in [0.3, 0.4) is 0 Å². The molecule has 118 valence electrons. The van der Waals surface area contributed by atoms with E-state index in [1.54, 1.807) is 4.90 Å². The van der Waals surface area contributed by atoms with Crippen LogP contribution in [-0.4, -0.2) is 47.4 Å². The first kappa shape index (κ1) is 15.1. The fraction of sp³-hybridized carbons (Fsp3) is 0.462. The highest BCUT2D eigenvalue weighted by Crippen LogP contribution is 2.36. The largest absolute Gasteiger partial charge is 0.383 e. The number of fused-ring (bicyclic) bond motifs is 1. The Morgan fingerprint density at radius 2 is 2.32 bits per heavy atom. The fourth-order valence-electron chi connectivity index (χ4n) is 2.36. The zero-order chi connectivity index (χ0) is 15.9. The number of rotatable bonds is 5. The van der Waals surface area contributed by atoms with E-state index in [1.807, 2.05) is 0 Å². The van der Waals surface area contributed by atoms with Crippen molar-refractivity contribution in [2.24, 2.45) is 0 Å². The van der Waals surface area contributed by atoms with Gasteiger partial charge in [0.15, 0.2) is 11.0 Å². The minimum absolute atomic E-state index is 0.0894. The van der Waals surface area contributed by atoms with Gasteiger partial charge in [-0.25, -0.2) is 18.6 Å². The molecule has 0 bridgehead atoms. The van der Waals surface area contributed by atoms with Gasteiger partial charge in [-0.05, 0) is 0 Å². The van der Waals surface area contributed by atoms with Crippen molar-refractivity contribution in [2.75, 3.05) is 25.2 Å². The van der Waals surface area contributed by atoms with Gasteiger partial charge in [-0.2, -0.15) is 4.98 Å².